The fraction of sp³-hybridized carbons (Fsp3) is 0.333. The Bertz CT molecular complexity index is 399. The monoisotopic (exact) mass is 206 g/mol. The zero-order valence-corrected chi connectivity index (χ0v) is 8.66. The largest absolute Gasteiger partial charge is 0.260 e. The third-order valence-electron chi connectivity index (χ3n) is 1.77. The summed E-state index contributed by atoms with van der Waals surface area (Å²) in [5.74, 6) is 0. The van der Waals surface area contributed by atoms with Gasteiger partial charge < -0.3 is 0 Å². The first kappa shape index (κ1) is 9.21. The Morgan fingerprint density at radius 2 is 2.29 bits per heavy atom. The molecule has 2 heterocycles. The highest BCUT2D eigenvalue weighted by Gasteiger charge is 2.04. The predicted octanol–water partition coefficient (Wildman–Crippen LogP) is 1.95. The van der Waals surface area contributed by atoms with Gasteiger partial charge in [0.1, 0.15) is 11.2 Å². The molecule has 5 heteroatoms. The van der Waals surface area contributed by atoms with E-state index in [1.54, 1.807) is 17.9 Å². The van der Waals surface area contributed by atoms with Gasteiger partial charge in [0.25, 0.3) is 0 Å². The van der Waals surface area contributed by atoms with Gasteiger partial charge in [-0.2, -0.15) is 0 Å². The fourth-order valence-electron chi connectivity index (χ4n) is 1.17. The second kappa shape index (κ2) is 4.23. The van der Waals surface area contributed by atoms with Crippen molar-refractivity contribution in [1.82, 2.24) is 20.2 Å². The van der Waals surface area contributed by atoms with E-state index in [-0.39, 0.29) is 0 Å². The highest BCUT2D eigenvalue weighted by molar-refractivity contribution is 7.12. The molecule has 14 heavy (non-hydrogen) atoms. The van der Waals surface area contributed by atoms with Gasteiger partial charge >= 0.3 is 0 Å². The standard InChI is InChI=1S/C9H10N4S/c1-2-3-7-4-10-5-8(12-7)9-13-11-6-14-9/h4-6H,2-3H2,1H3. The van der Waals surface area contributed by atoms with Crippen LogP contribution in [0.2, 0.25) is 0 Å². The maximum absolute atomic E-state index is 4.45. The van der Waals surface area contributed by atoms with Gasteiger partial charge in [0.2, 0.25) is 0 Å². The maximum Gasteiger partial charge on any atom is 0.167 e. The molecule has 4 nitrogen and oxygen atoms in total. The molecule has 0 aliphatic rings. The minimum absolute atomic E-state index is 0.818. The van der Waals surface area contributed by atoms with E-state index in [0.29, 0.717) is 0 Å². The Morgan fingerprint density at radius 3 is 3.00 bits per heavy atom. The molecule has 0 fully saturated rings. The van der Waals surface area contributed by atoms with Crippen molar-refractivity contribution in [1.29, 1.82) is 0 Å². The quantitative estimate of drug-likeness (QED) is 0.770. The van der Waals surface area contributed by atoms with Gasteiger partial charge in [0, 0.05) is 6.20 Å². The van der Waals surface area contributed by atoms with Crippen LogP contribution in [-0.4, -0.2) is 20.2 Å². The second-order valence-corrected chi connectivity index (χ2v) is 3.72. The van der Waals surface area contributed by atoms with Crippen molar-refractivity contribution in [3.63, 3.8) is 0 Å². The lowest BCUT2D eigenvalue weighted by atomic mass is 10.2. The summed E-state index contributed by atoms with van der Waals surface area (Å²) < 4.78 is 0. The third-order valence-corrected chi connectivity index (χ3v) is 2.48. The molecule has 0 radical (unpaired) electrons. The summed E-state index contributed by atoms with van der Waals surface area (Å²) in [5.41, 5.74) is 3.53. The van der Waals surface area contributed by atoms with Crippen molar-refractivity contribution in [3.05, 3.63) is 23.6 Å². The lowest BCUT2D eigenvalue weighted by Gasteiger charge is -1.98. The number of nitrogens with zero attached hydrogens (tertiary/aromatic N) is 4. The molecule has 0 unspecified atom stereocenters. The van der Waals surface area contributed by atoms with Crippen LogP contribution in [0.1, 0.15) is 19.0 Å². The smallest absolute Gasteiger partial charge is 0.167 e. The predicted molar refractivity (Wildman–Crippen MR) is 54.9 cm³/mol. The van der Waals surface area contributed by atoms with Crippen molar-refractivity contribution >= 4 is 11.3 Å². The van der Waals surface area contributed by atoms with Gasteiger partial charge in [-0.15, -0.1) is 10.2 Å². The lowest BCUT2D eigenvalue weighted by Crippen LogP contribution is -1.93. The SMILES string of the molecule is CCCc1cncc(-c2nncs2)n1. The van der Waals surface area contributed by atoms with Crippen molar-refractivity contribution in [2.45, 2.75) is 19.8 Å². The molecule has 2 rings (SSSR count). The van der Waals surface area contributed by atoms with Crippen molar-refractivity contribution in [2.75, 3.05) is 0 Å². The Labute approximate surface area is 86.1 Å². The molecule has 0 N–H and O–H groups in total. The van der Waals surface area contributed by atoms with Crippen LogP contribution in [0.5, 0.6) is 0 Å². The van der Waals surface area contributed by atoms with E-state index < -0.39 is 0 Å². The molecule has 0 aliphatic carbocycles. The normalized spacial score (nSPS) is 10.4. The van der Waals surface area contributed by atoms with E-state index in [0.717, 1.165) is 29.2 Å². The molecule has 0 atom stereocenters. The molecule has 0 spiro atoms. The molecule has 2 aromatic rings. The molecular weight excluding hydrogens is 196 g/mol. The number of aryl methyl sites for hydroxylation is 1. The Morgan fingerprint density at radius 1 is 1.36 bits per heavy atom. The first-order valence-corrected chi connectivity index (χ1v) is 5.35. The summed E-state index contributed by atoms with van der Waals surface area (Å²) in [6.45, 7) is 2.12. The lowest BCUT2D eigenvalue weighted by molar-refractivity contribution is 0.871. The van der Waals surface area contributed by atoms with Gasteiger partial charge in [-0.05, 0) is 6.42 Å². The van der Waals surface area contributed by atoms with Crippen molar-refractivity contribution < 1.29 is 0 Å². The molecular formula is C9H10N4S. The Kier molecular flexibility index (Phi) is 2.78. The fourth-order valence-corrected chi connectivity index (χ4v) is 1.68. The minimum atomic E-state index is 0.818. The molecule has 72 valence electrons. The topological polar surface area (TPSA) is 51.6 Å². The highest BCUT2D eigenvalue weighted by Crippen LogP contribution is 2.17. The summed E-state index contributed by atoms with van der Waals surface area (Å²) >= 11 is 1.48. The van der Waals surface area contributed by atoms with Crippen LogP contribution in [0, 0.1) is 0 Å². The van der Waals surface area contributed by atoms with Crippen LogP contribution in [-0.2, 0) is 6.42 Å². The van der Waals surface area contributed by atoms with Crippen molar-refractivity contribution in [2.24, 2.45) is 0 Å². The van der Waals surface area contributed by atoms with Crippen LogP contribution in [0.15, 0.2) is 17.9 Å². The average Bonchev–Trinajstić information content (AvgIpc) is 2.71. The van der Waals surface area contributed by atoms with Crippen LogP contribution < -0.4 is 0 Å². The number of aromatic nitrogens is 4. The summed E-state index contributed by atoms with van der Waals surface area (Å²) in [4.78, 5) is 8.59. The first-order chi connectivity index (χ1) is 6.90. The molecule has 0 saturated heterocycles. The van der Waals surface area contributed by atoms with E-state index in [1.807, 2.05) is 0 Å². The second-order valence-electron chi connectivity index (χ2n) is 2.89. The zero-order valence-electron chi connectivity index (χ0n) is 7.84. The summed E-state index contributed by atoms with van der Waals surface area (Å²) in [5, 5.41) is 8.56. The maximum atomic E-state index is 4.45. The third kappa shape index (κ3) is 1.93. The van der Waals surface area contributed by atoms with Crippen LogP contribution in [0.4, 0.5) is 0 Å². The van der Waals surface area contributed by atoms with Gasteiger partial charge in [-0.1, -0.05) is 24.7 Å². The van der Waals surface area contributed by atoms with Gasteiger partial charge in [-0.25, -0.2) is 4.98 Å². The molecule has 0 aromatic carbocycles. The van der Waals surface area contributed by atoms with Crippen LogP contribution in [0.25, 0.3) is 10.7 Å². The average molecular weight is 206 g/mol. The summed E-state index contributed by atoms with van der Waals surface area (Å²) in [6, 6.07) is 0. The molecule has 2 aromatic heterocycles. The molecule has 0 amide bonds. The van der Waals surface area contributed by atoms with Crippen LogP contribution >= 0.6 is 11.3 Å². The summed E-state index contributed by atoms with van der Waals surface area (Å²) in [7, 11) is 0. The van der Waals surface area contributed by atoms with E-state index in [2.05, 4.69) is 27.1 Å². The van der Waals surface area contributed by atoms with Crippen LogP contribution in [0.3, 0.4) is 0 Å². The zero-order chi connectivity index (χ0) is 9.80. The number of hydrogen-bond donors (Lipinski definition) is 0. The van der Waals surface area contributed by atoms with E-state index in [4.69, 9.17) is 0 Å². The Hall–Kier alpha value is -1.36. The van der Waals surface area contributed by atoms with Gasteiger partial charge in [0.05, 0.1) is 11.9 Å². The highest BCUT2D eigenvalue weighted by atomic mass is 32.1. The van der Waals surface area contributed by atoms with Gasteiger partial charge in [-0.3, -0.25) is 4.98 Å². The van der Waals surface area contributed by atoms with E-state index >= 15 is 0 Å². The first-order valence-electron chi connectivity index (χ1n) is 4.47. The molecule has 0 bridgehead atoms. The number of hydrogen-bond acceptors (Lipinski definition) is 5. The minimum Gasteiger partial charge on any atom is -0.260 e. The van der Waals surface area contributed by atoms with E-state index in [1.165, 1.54) is 11.3 Å². The Balaban J connectivity index is 2.31. The molecule has 0 saturated carbocycles. The van der Waals surface area contributed by atoms with Crippen molar-refractivity contribution in [3.8, 4) is 10.7 Å². The summed E-state index contributed by atoms with van der Waals surface area (Å²) in [6.07, 6.45) is 5.56. The number of rotatable bonds is 3. The molecule has 0 aliphatic heterocycles. The van der Waals surface area contributed by atoms with E-state index in [9.17, 15) is 0 Å². The van der Waals surface area contributed by atoms with Gasteiger partial charge in [0.15, 0.2) is 5.01 Å².